The summed E-state index contributed by atoms with van der Waals surface area (Å²) in [6, 6.07) is 14.2. The fraction of sp³-hybridized carbons (Fsp3) is 0.273. The van der Waals surface area contributed by atoms with E-state index in [1.807, 2.05) is 31.2 Å². The Kier molecular flexibility index (Phi) is 5.21. The first-order valence-electron chi connectivity index (χ1n) is 8.96. The zero-order valence-electron chi connectivity index (χ0n) is 15.9. The minimum Gasteiger partial charge on any atom is -0.348 e. The number of hydrogen-bond donors (Lipinski definition) is 2. The average Bonchev–Trinajstić information content (AvgIpc) is 2.60. The van der Waals surface area contributed by atoms with E-state index in [0.29, 0.717) is 18.7 Å². The number of anilines is 1. The summed E-state index contributed by atoms with van der Waals surface area (Å²) < 4.78 is 0. The fourth-order valence-electron chi connectivity index (χ4n) is 3.04. The molecule has 0 spiro atoms. The van der Waals surface area contributed by atoms with E-state index in [1.54, 1.807) is 0 Å². The standard InChI is InChI=1S/C22H25N3O/c1-14-6-5-7-18(10-14)22(26)24-9-8-23-21-17(4)12-19-11-15(2)16(3)13-20(19)25-21/h5-7,10-13H,8-9H2,1-4H3,(H,23,25)(H,24,26)/p+1. The summed E-state index contributed by atoms with van der Waals surface area (Å²) in [7, 11) is 0. The van der Waals surface area contributed by atoms with Crippen LogP contribution in [-0.4, -0.2) is 19.0 Å². The average molecular weight is 348 g/mol. The molecule has 1 heterocycles. The van der Waals surface area contributed by atoms with Gasteiger partial charge in [-0.1, -0.05) is 17.7 Å². The molecule has 3 aromatic rings. The fourth-order valence-corrected chi connectivity index (χ4v) is 3.04. The van der Waals surface area contributed by atoms with Crippen molar-refractivity contribution in [3.63, 3.8) is 0 Å². The summed E-state index contributed by atoms with van der Waals surface area (Å²) in [5, 5.41) is 7.55. The zero-order valence-corrected chi connectivity index (χ0v) is 15.9. The molecular weight excluding hydrogens is 322 g/mol. The summed E-state index contributed by atoms with van der Waals surface area (Å²) in [4.78, 5) is 15.6. The Morgan fingerprint density at radius 2 is 1.65 bits per heavy atom. The highest BCUT2D eigenvalue weighted by Crippen LogP contribution is 2.19. The van der Waals surface area contributed by atoms with Crippen molar-refractivity contribution in [2.75, 3.05) is 18.4 Å². The van der Waals surface area contributed by atoms with Crippen molar-refractivity contribution in [1.82, 2.24) is 5.32 Å². The molecule has 0 saturated heterocycles. The molecule has 4 nitrogen and oxygen atoms in total. The molecule has 0 saturated carbocycles. The Bertz CT molecular complexity index is 963. The Balaban J connectivity index is 1.62. The lowest BCUT2D eigenvalue weighted by atomic mass is 10.1. The molecule has 4 heteroatoms. The third-order valence-corrected chi connectivity index (χ3v) is 4.68. The molecule has 2 aromatic carbocycles. The summed E-state index contributed by atoms with van der Waals surface area (Å²) in [5.41, 5.74) is 6.63. The highest BCUT2D eigenvalue weighted by atomic mass is 16.1. The van der Waals surface area contributed by atoms with Gasteiger partial charge in [0, 0.05) is 16.5 Å². The van der Waals surface area contributed by atoms with E-state index < -0.39 is 0 Å². The van der Waals surface area contributed by atoms with Crippen molar-refractivity contribution in [2.45, 2.75) is 27.7 Å². The number of nitrogens with one attached hydrogen (secondary N) is 3. The molecule has 26 heavy (non-hydrogen) atoms. The molecular formula is C22H26N3O+. The largest absolute Gasteiger partial charge is 0.348 e. The molecule has 3 N–H and O–H groups in total. The maximum Gasteiger partial charge on any atom is 0.275 e. The number of hydrogen-bond acceptors (Lipinski definition) is 2. The van der Waals surface area contributed by atoms with Gasteiger partial charge < -0.3 is 5.32 Å². The van der Waals surface area contributed by atoms with Gasteiger partial charge in [-0.15, -0.1) is 0 Å². The van der Waals surface area contributed by atoms with E-state index in [-0.39, 0.29) is 5.91 Å². The number of H-pyrrole nitrogens is 1. The topological polar surface area (TPSA) is 55.3 Å². The smallest absolute Gasteiger partial charge is 0.275 e. The molecule has 1 aromatic heterocycles. The number of pyridine rings is 1. The number of aromatic amines is 1. The van der Waals surface area contributed by atoms with Crippen molar-refractivity contribution >= 4 is 22.6 Å². The maximum absolute atomic E-state index is 12.2. The minimum atomic E-state index is -0.0409. The Labute approximate surface area is 154 Å². The van der Waals surface area contributed by atoms with Crippen LogP contribution in [0.5, 0.6) is 0 Å². The number of benzene rings is 2. The van der Waals surface area contributed by atoms with Gasteiger partial charge in [0.1, 0.15) is 12.1 Å². The van der Waals surface area contributed by atoms with Crippen LogP contribution in [0.3, 0.4) is 0 Å². The Morgan fingerprint density at radius 3 is 2.42 bits per heavy atom. The molecule has 0 bridgehead atoms. The quantitative estimate of drug-likeness (QED) is 0.690. The van der Waals surface area contributed by atoms with Gasteiger partial charge in [-0.3, -0.25) is 10.1 Å². The van der Waals surface area contributed by atoms with Crippen molar-refractivity contribution in [3.05, 3.63) is 70.3 Å². The second-order valence-electron chi connectivity index (χ2n) is 6.90. The van der Waals surface area contributed by atoms with Gasteiger partial charge >= 0.3 is 0 Å². The number of amides is 1. The molecule has 0 aliphatic carbocycles. The molecule has 0 aliphatic heterocycles. The predicted octanol–water partition coefficient (Wildman–Crippen LogP) is 3.73. The number of aromatic nitrogens is 1. The lowest BCUT2D eigenvalue weighted by molar-refractivity contribution is -0.327. The highest BCUT2D eigenvalue weighted by Gasteiger charge is 2.11. The van der Waals surface area contributed by atoms with Crippen molar-refractivity contribution in [3.8, 4) is 0 Å². The Morgan fingerprint density at radius 1 is 0.923 bits per heavy atom. The maximum atomic E-state index is 12.2. The van der Waals surface area contributed by atoms with Crippen LogP contribution in [0.15, 0.2) is 42.5 Å². The van der Waals surface area contributed by atoms with Gasteiger partial charge in [-0.25, -0.2) is 4.98 Å². The summed E-state index contributed by atoms with van der Waals surface area (Å²) >= 11 is 0. The Hall–Kier alpha value is -2.88. The van der Waals surface area contributed by atoms with E-state index in [4.69, 9.17) is 0 Å². The van der Waals surface area contributed by atoms with Crippen LogP contribution in [0.4, 0.5) is 5.82 Å². The van der Waals surface area contributed by atoms with Gasteiger partial charge in [-0.05, 0) is 69.2 Å². The van der Waals surface area contributed by atoms with Crippen molar-refractivity contribution in [2.24, 2.45) is 0 Å². The van der Waals surface area contributed by atoms with Crippen LogP contribution >= 0.6 is 0 Å². The third-order valence-electron chi connectivity index (χ3n) is 4.68. The zero-order chi connectivity index (χ0) is 18.7. The number of carbonyl (C=O) groups excluding carboxylic acids is 1. The van der Waals surface area contributed by atoms with Crippen LogP contribution < -0.4 is 15.6 Å². The van der Waals surface area contributed by atoms with Crippen LogP contribution in [0.2, 0.25) is 0 Å². The normalized spacial score (nSPS) is 10.8. The van der Waals surface area contributed by atoms with Crippen LogP contribution in [-0.2, 0) is 0 Å². The monoisotopic (exact) mass is 348 g/mol. The number of aryl methyl sites for hydroxylation is 4. The first-order chi connectivity index (χ1) is 12.4. The highest BCUT2D eigenvalue weighted by molar-refractivity contribution is 5.94. The van der Waals surface area contributed by atoms with Gasteiger partial charge in [-0.2, -0.15) is 0 Å². The number of carbonyl (C=O) groups is 1. The lowest BCUT2D eigenvalue weighted by Crippen LogP contribution is -2.30. The van der Waals surface area contributed by atoms with Gasteiger partial charge in [0.05, 0.1) is 6.54 Å². The van der Waals surface area contributed by atoms with E-state index >= 15 is 0 Å². The lowest BCUT2D eigenvalue weighted by Gasteiger charge is -2.08. The second kappa shape index (κ2) is 7.56. The molecule has 134 valence electrons. The molecule has 0 unspecified atom stereocenters. The third kappa shape index (κ3) is 4.02. The van der Waals surface area contributed by atoms with E-state index in [0.717, 1.165) is 22.5 Å². The first kappa shape index (κ1) is 17.9. The van der Waals surface area contributed by atoms with Crippen LogP contribution in [0.1, 0.15) is 32.6 Å². The van der Waals surface area contributed by atoms with Gasteiger partial charge in [0.25, 0.3) is 11.7 Å². The molecule has 1 amide bonds. The van der Waals surface area contributed by atoms with Gasteiger partial charge in [0.15, 0.2) is 0 Å². The van der Waals surface area contributed by atoms with E-state index in [9.17, 15) is 4.79 Å². The molecule has 0 fully saturated rings. The SMILES string of the molecule is Cc1cccc(C(=O)NCCNc2[nH+]c3cc(C)c(C)cc3cc2C)c1. The van der Waals surface area contributed by atoms with E-state index in [1.165, 1.54) is 16.5 Å². The van der Waals surface area contributed by atoms with E-state index in [2.05, 4.69) is 54.6 Å². The van der Waals surface area contributed by atoms with Crippen LogP contribution in [0.25, 0.3) is 10.9 Å². The molecule has 0 aliphatic rings. The first-order valence-corrected chi connectivity index (χ1v) is 8.96. The molecule has 0 radical (unpaired) electrons. The summed E-state index contributed by atoms with van der Waals surface area (Å²) in [6.07, 6.45) is 0. The van der Waals surface area contributed by atoms with Crippen molar-refractivity contribution < 1.29 is 9.78 Å². The van der Waals surface area contributed by atoms with Gasteiger partial charge in [0.2, 0.25) is 0 Å². The molecule has 0 atom stereocenters. The predicted molar refractivity (Wildman–Crippen MR) is 107 cm³/mol. The number of rotatable bonds is 5. The van der Waals surface area contributed by atoms with Crippen LogP contribution in [0, 0.1) is 27.7 Å². The second-order valence-corrected chi connectivity index (χ2v) is 6.90. The molecule has 3 rings (SSSR count). The van der Waals surface area contributed by atoms with Crippen molar-refractivity contribution in [1.29, 1.82) is 0 Å². The number of fused-ring (bicyclic) bond motifs is 1. The summed E-state index contributed by atoms with van der Waals surface area (Å²) in [6.45, 7) is 9.54. The minimum absolute atomic E-state index is 0.0409. The summed E-state index contributed by atoms with van der Waals surface area (Å²) in [5.74, 6) is 0.950.